The van der Waals surface area contributed by atoms with Crippen molar-refractivity contribution >= 4 is 22.9 Å². The van der Waals surface area contributed by atoms with Gasteiger partial charge < -0.3 is 10.1 Å². The summed E-state index contributed by atoms with van der Waals surface area (Å²) in [5.41, 5.74) is 6.51. The van der Waals surface area contributed by atoms with E-state index in [0.29, 0.717) is 17.1 Å². The van der Waals surface area contributed by atoms with Gasteiger partial charge in [-0.3, -0.25) is 0 Å². The van der Waals surface area contributed by atoms with Crippen molar-refractivity contribution in [2.75, 3.05) is 0 Å². The van der Waals surface area contributed by atoms with E-state index in [1.54, 1.807) is 22.9 Å². The van der Waals surface area contributed by atoms with Crippen molar-refractivity contribution in [1.29, 1.82) is 0 Å². The number of nitrogens with zero attached hydrogens (tertiary/aromatic N) is 2. The molecule has 2 N–H and O–H groups in total. The van der Waals surface area contributed by atoms with E-state index in [1.165, 1.54) is 6.07 Å². The average molecular weight is 209 g/mol. The van der Waals surface area contributed by atoms with E-state index in [4.69, 9.17) is 18.0 Å². The number of aromatic nitrogens is 2. The van der Waals surface area contributed by atoms with Gasteiger partial charge in [-0.15, -0.1) is 0 Å². The molecule has 0 unspecified atom stereocenters. The molecule has 72 valence electrons. The van der Waals surface area contributed by atoms with Crippen LogP contribution in [-0.2, 0) is 6.42 Å². The molecule has 0 atom stereocenters. The second-order valence-corrected chi connectivity index (χ2v) is 3.47. The van der Waals surface area contributed by atoms with Crippen LogP contribution in [0.3, 0.4) is 0 Å². The minimum Gasteiger partial charge on any atom is -0.393 e. The van der Waals surface area contributed by atoms with Crippen LogP contribution in [0.5, 0.6) is 0 Å². The highest BCUT2D eigenvalue weighted by molar-refractivity contribution is 7.80. The van der Waals surface area contributed by atoms with Crippen LogP contribution in [0.15, 0.2) is 24.5 Å². The molecular formula is C9H8FN3S. The Morgan fingerprint density at radius 3 is 3.14 bits per heavy atom. The van der Waals surface area contributed by atoms with Crippen LogP contribution in [0.25, 0.3) is 5.65 Å². The fourth-order valence-electron chi connectivity index (χ4n) is 1.34. The molecule has 0 saturated heterocycles. The Morgan fingerprint density at radius 1 is 1.64 bits per heavy atom. The smallest absolute Gasteiger partial charge is 0.173 e. The van der Waals surface area contributed by atoms with Gasteiger partial charge in [0, 0.05) is 24.5 Å². The summed E-state index contributed by atoms with van der Waals surface area (Å²) in [5.74, 6) is -0.346. The van der Waals surface area contributed by atoms with Gasteiger partial charge in [-0.25, -0.2) is 9.37 Å². The van der Waals surface area contributed by atoms with E-state index < -0.39 is 0 Å². The molecule has 2 heterocycles. The molecular weight excluding hydrogens is 201 g/mol. The summed E-state index contributed by atoms with van der Waals surface area (Å²) in [4.78, 5) is 4.32. The maximum Gasteiger partial charge on any atom is 0.173 e. The van der Waals surface area contributed by atoms with Gasteiger partial charge in [-0.05, 0) is 12.1 Å². The van der Waals surface area contributed by atoms with E-state index in [1.807, 2.05) is 0 Å². The molecule has 2 rings (SSSR count). The predicted molar refractivity (Wildman–Crippen MR) is 55.6 cm³/mol. The van der Waals surface area contributed by atoms with Crippen LogP contribution in [0.2, 0.25) is 0 Å². The molecule has 0 fully saturated rings. The predicted octanol–water partition coefficient (Wildman–Crippen LogP) is 1.30. The molecule has 0 aromatic carbocycles. The molecule has 5 heteroatoms. The van der Waals surface area contributed by atoms with E-state index in [-0.39, 0.29) is 5.82 Å². The Bertz CT molecular complexity index is 492. The molecule has 0 radical (unpaired) electrons. The van der Waals surface area contributed by atoms with Gasteiger partial charge in [-0.2, -0.15) is 0 Å². The van der Waals surface area contributed by atoms with Crippen molar-refractivity contribution in [3.8, 4) is 0 Å². The SMILES string of the molecule is NC(=S)Cc1cnc2c(F)cccn12. The zero-order valence-corrected chi connectivity index (χ0v) is 8.09. The van der Waals surface area contributed by atoms with Gasteiger partial charge in [0.1, 0.15) is 0 Å². The Kier molecular flexibility index (Phi) is 2.17. The number of hydrogen-bond acceptors (Lipinski definition) is 2. The van der Waals surface area contributed by atoms with E-state index in [2.05, 4.69) is 4.98 Å². The summed E-state index contributed by atoms with van der Waals surface area (Å²) in [7, 11) is 0. The van der Waals surface area contributed by atoms with Gasteiger partial charge in [0.2, 0.25) is 0 Å². The topological polar surface area (TPSA) is 43.3 Å². The van der Waals surface area contributed by atoms with Crippen molar-refractivity contribution in [1.82, 2.24) is 9.38 Å². The first-order chi connectivity index (χ1) is 6.68. The number of halogens is 1. The number of fused-ring (bicyclic) bond motifs is 1. The molecule has 0 aliphatic heterocycles. The van der Waals surface area contributed by atoms with E-state index >= 15 is 0 Å². The van der Waals surface area contributed by atoms with Gasteiger partial charge in [0.25, 0.3) is 0 Å². The first-order valence-corrected chi connectivity index (χ1v) is 4.48. The third kappa shape index (κ3) is 1.46. The largest absolute Gasteiger partial charge is 0.393 e. The number of nitrogens with two attached hydrogens (primary N) is 1. The molecule has 14 heavy (non-hydrogen) atoms. The van der Waals surface area contributed by atoms with Crippen LogP contribution >= 0.6 is 12.2 Å². The minimum atomic E-state index is -0.346. The van der Waals surface area contributed by atoms with E-state index in [9.17, 15) is 4.39 Å². The minimum absolute atomic E-state index is 0.304. The first kappa shape index (κ1) is 9.08. The van der Waals surface area contributed by atoms with Crippen molar-refractivity contribution in [2.45, 2.75) is 6.42 Å². The number of rotatable bonds is 2. The fraction of sp³-hybridized carbons (Fsp3) is 0.111. The Morgan fingerprint density at radius 2 is 2.43 bits per heavy atom. The second kappa shape index (κ2) is 3.34. The van der Waals surface area contributed by atoms with Crippen LogP contribution in [-0.4, -0.2) is 14.4 Å². The Balaban J connectivity index is 2.58. The first-order valence-electron chi connectivity index (χ1n) is 4.07. The third-order valence-electron chi connectivity index (χ3n) is 1.92. The lowest BCUT2D eigenvalue weighted by atomic mass is 10.3. The highest BCUT2D eigenvalue weighted by Crippen LogP contribution is 2.10. The molecule has 0 aliphatic rings. The second-order valence-electron chi connectivity index (χ2n) is 2.94. The van der Waals surface area contributed by atoms with Crippen molar-refractivity contribution < 1.29 is 4.39 Å². The summed E-state index contributed by atoms with van der Waals surface area (Å²) in [6.07, 6.45) is 3.75. The molecule has 0 bridgehead atoms. The summed E-state index contributed by atoms with van der Waals surface area (Å²) in [6, 6.07) is 2.99. The number of hydrogen-bond donors (Lipinski definition) is 1. The lowest BCUT2D eigenvalue weighted by Crippen LogP contribution is -2.12. The van der Waals surface area contributed by atoms with Crippen molar-refractivity contribution in [3.05, 3.63) is 36.0 Å². The number of thiocarbonyl (C=S) groups is 1. The molecule has 0 spiro atoms. The summed E-state index contributed by atoms with van der Waals surface area (Å²) < 4.78 is 14.8. The standard InChI is InChI=1S/C9H8FN3S/c10-7-2-1-3-13-6(4-8(11)14)5-12-9(7)13/h1-3,5H,4H2,(H2,11,14). The van der Waals surface area contributed by atoms with Crippen LogP contribution in [0, 0.1) is 5.82 Å². The Labute approximate surface area is 85.4 Å². The van der Waals surface area contributed by atoms with Gasteiger partial charge in [-0.1, -0.05) is 12.2 Å². The zero-order chi connectivity index (χ0) is 10.1. The van der Waals surface area contributed by atoms with Crippen LogP contribution < -0.4 is 5.73 Å². The highest BCUT2D eigenvalue weighted by atomic mass is 32.1. The molecule has 2 aromatic heterocycles. The summed E-state index contributed by atoms with van der Waals surface area (Å²) in [5, 5.41) is 0. The van der Waals surface area contributed by atoms with Gasteiger partial charge >= 0.3 is 0 Å². The number of pyridine rings is 1. The third-order valence-corrected chi connectivity index (χ3v) is 2.06. The molecule has 0 saturated carbocycles. The van der Waals surface area contributed by atoms with Gasteiger partial charge in [0.05, 0.1) is 4.99 Å². The van der Waals surface area contributed by atoms with Crippen molar-refractivity contribution in [3.63, 3.8) is 0 Å². The average Bonchev–Trinajstić information content (AvgIpc) is 2.49. The Hall–Kier alpha value is -1.49. The molecule has 0 aliphatic carbocycles. The lowest BCUT2D eigenvalue weighted by Gasteiger charge is -1.99. The highest BCUT2D eigenvalue weighted by Gasteiger charge is 2.06. The summed E-state index contributed by atoms with van der Waals surface area (Å²) in [6.45, 7) is 0. The van der Waals surface area contributed by atoms with Crippen LogP contribution in [0.1, 0.15) is 5.69 Å². The van der Waals surface area contributed by atoms with Crippen LogP contribution in [0.4, 0.5) is 4.39 Å². The number of imidazole rings is 1. The molecule has 3 nitrogen and oxygen atoms in total. The van der Waals surface area contributed by atoms with Gasteiger partial charge in [0.15, 0.2) is 11.5 Å². The monoisotopic (exact) mass is 209 g/mol. The molecule has 2 aromatic rings. The maximum absolute atomic E-state index is 13.2. The summed E-state index contributed by atoms with van der Waals surface area (Å²) >= 11 is 4.78. The zero-order valence-electron chi connectivity index (χ0n) is 7.27. The molecule has 0 amide bonds. The lowest BCUT2D eigenvalue weighted by molar-refractivity contribution is 0.629. The normalized spacial score (nSPS) is 10.6. The van der Waals surface area contributed by atoms with E-state index in [0.717, 1.165) is 5.69 Å². The van der Waals surface area contributed by atoms with Crippen molar-refractivity contribution in [2.24, 2.45) is 5.73 Å². The fourth-order valence-corrected chi connectivity index (χ4v) is 1.48. The maximum atomic E-state index is 13.2. The quantitative estimate of drug-likeness (QED) is 0.758.